The third kappa shape index (κ3) is 4.03. The molecular weight excluding hydrogens is 422 g/mol. The van der Waals surface area contributed by atoms with Gasteiger partial charge in [-0.15, -0.1) is 10.2 Å². The summed E-state index contributed by atoms with van der Waals surface area (Å²) in [4.78, 5) is 7.25. The van der Waals surface area contributed by atoms with E-state index in [-0.39, 0.29) is 0 Å². The van der Waals surface area contributed by atoms with Crippen molar-refractivity contribution in [3.8, 4) is 17.1 Å². The molecule has 0 atom stereocenters. The Balaban J connectivity index is 1.46. The van der Waals surface area contributed by atoms with Crippen molar-refractivity contribution in [2.75, 3.05) is 38.6 Å². The highest BCUT2D eigenvalue weighted by atomic mass is 32.2. The monoisotopic (exact) mass is 449 g/mol. The van der Waals surface area contributed by atoms with Crippen molar-refractivity contribution < 1.29 is 4.74 Å². The van der Waals surface area contributed by atoms with E-state index in [1.807, 2.05) is 55.9 Å². The van der Waals surface area contributed by atoms with E-state index in [4.69, 9.17) is 14.8 Å². The minimum atomic E-state index is 0.826. The van der Waals surface area contributed by atoms with Crippen molar-refractivity contribution in [2.24, 2.45) is 7.05 Å². The second-order valence-electron chi connectivity index (χ2n) is 8.01. The number of benzene rings is 1. The lowest BCUT2D eigenvalue weighted by Gasteiger charge is -2.26. The maximum atomic E-state index is 5.43. The summed E-state index contributed by atoms with van der Waals surface area (Å²) in [6.07, 6.45) is 0. The van der Waals surface area contributed by atoms with Crippen LogP contribution in [0.2, 0.25) is 0 Å². The Bertz CT molecular complexity index is 1230. The molecule has 8 nitrogen and oxygen atoms in total. The van der Waals surface area contributed by atoms with E-state index in [2.05, 4.69) is 25.7 Å². The first-order valence-electron chi connectivity index (χ1n) is 10.9. The number of para-hydroxylation sites is 1. The zero-order valence-corrected chi connectivity index (χ0v) is 19.5. The summed E-state index contributed by atoms with van der Waals surface area (Å²) in [6, 6.07) is 12.2. The van der Waals surface area contributed by atoms with Crippen LogP contribution in [0, 0.1) is 13.8 Å². The van der Waals surface area contributed by atoms with E-state index in [0.29, 0.717) is 0 Å². The lowest BCUT2D eigenvalue weighted by Crippen LogP contribution is -2.37. The first kappa shape index (κ1) is 21.1. The molecular formula is C23H27N7OS. The van der Waals surface area contributed by atoms with Crippen LogP contribution < -0.4 is 0 Å². The predicted octanol–water partition coefficient (Wildman–Crippen LogP) is 3.26. The van der Waals surface area contributed by atoms with Gasteiger partial charge in [0, 0.05) is 43.7 Å². The van der Waals surface area contributed by atoms with Gasteiger partial charge in [-0.3, -0.25) is 4.90 Å². The molecule has 166 valence electrons. The normalized spacial score (nSPS) is 15.0. The second-order valence-corrected chi connectivity index (χ2v) is 9.07. The van der Waals surface area contributed by atoms with Crippen molar-refractivity contribution in [1.82, 2.24) is 34.4 Å². The van der Waals surface area contributed by atoms with Gasteiger partial charge in [-0.05, 0) is 32.0 Å². The van der Waals surface area contributed by atoms with Crippen molar-refractivity contribution in [2.45, 2.75) is 19.0 Å². The van der Waals surface area contributed by atoms with Crippen LogP contribution >= 0.6 is 11.8 Å². The van der Waals surface area contributed by atoms with Gasteiger partial charge >= 0.3 is 0 Å². The average molecular weight is 450 g/mol. The van der Waals surface area contributed by atoms with Crippen LogP contribution in [0.5, 0.6) is 0 Å². The minimum absolute atomic E-state index is 0.826. The molecule has 0 spiro atoms. The summed E-state index contributed by atoms with van der Waals surface area (Å²) in [5, 5.41) is 15.8. The molecule has 1 saturated heterocycles. The number of fused-ring (bicyclic) bond motifs is 1. The Kier molecular flexibility index (Phi) is 5.95. The lowest BCUT2D eigenvalue weighted by atomic mass is 10.1. The molecule has 0 unspecified atom stereocenters. The standard InChI is InChI=1S/C23H27N7OS/c1-16-15-19(20-17(2)27-30(22(20)24-16)18-7-5-4-6-8-18)21-25-26-23(28(21)3)32-14-11-29-9-12-31-13-10-29/h4-8,15H,9-14H2,1-3H3. The zero-order chi connectivity index (χ0) is 22.1. The van der Waals surface area contributed by atoms with Gasteiger partial charge < -0.3 is 9.30 Å². The third-order valence-corrected chi connectivity index (χ3v) is 6.76. The Morgan fingerprint density at radius 1 is 1.06 bits per heavy atom. The van der Waals surface area contributed by atoms with Gasteiger partial charge in [0.1, 0.15) is 0 Å². The molecule has 0 N–H and O–H groups in total. The quantitative estimate of drug-likeness (QED) is 0.418. The lowest BCUT2D eigenvalue weighted by molar-refractivity contribution is 0.0410. The summed E-state index contributed by atoms with van der Waals surface area (Å²) in [7, 11) is 2.03. The molecule has 0 amide bonds. The molecule has 1 fully saturated rings. The number of aryl methyl sites for hydroxylation is 2. The minimum Gasteiger partial charge on any atom is -0.379 e. The molecule has 4 aromatic rings. The van der Waals surface area contributed by atoms with Gasteiger partial charge in [0.15, 0.2) is 16.6 Å². The highest BCUT2D eigenvalue weighted by Crippen LogP contribution is 2.32. The number of ether oxygens (including phenoxy) is 1. The molecule has 1 aliphatic heterocycles. The van der Waals surface area contributed by atoms with Gasteiger partial charge in [-0.1, -0.05) is 30.0 Å². The third-order valence-electron chi connectivity index (χ3n) is 5.76. The number of nitrogens with zero attached hydrogens (tertiary/aromatic N) is 7. The van der Waals surface area contributed by atoms with E-state index in [0.717, 1.165) is 83.3 Å². The van der Waals surface area contributed by atoms with Crippen LogP contribution in [0.15, 0.2) is 41.6 Å². The van der Waals surface area contributed by atoms with Crippen molar-refractivity contribution in [1.29, 1.82) is 0 Å². The van der Waals surface area contributed by atoms with Gasteiger partial charge in [-0.2, -0.15) is 5.10 Å². The SMILES string of the molecule is Cc1cc(-c2nnc(SCCN3CCOCC3)n2C)c2c(C)nn(-c3ccccc3)c2n1. The smallest absolute Gasteiger partial charge is 0.191 e. The molecule has 1 aliphatic rings. The highest BCUT2D eigenvalue weighted by Gasteiger charge is 2.21. The summed E-state index contributed by atoms with van der Waals surface area (Å²) >= 11 is 1.74. The second kappa shape index (κ2) is 9.01. The summed E-state index contributed by atoms with van der Waals surface area (Å²) in [6.45, 7) is 8.72. The fourth-order valence-electron chi connectivity index (χ4n) is 4.11. The van der Waals surface area contributed by atoms with Crippen molar-refractivity contribution in [3.63, 3.8) is 0 Å². The van der Waals surface area contributed by atoms with Crippen molar-refractivity contribution in [3.05, 3.63) is 47.8 Å². The van der Waals surface area contributed by atoms with E-state index < -0.39 is 0 Å². The van der Waals surface area contributed by atoms with E-state index >= 15 is 0 Å². The molecule has 0 aliphatic carbocycles. The Labute approximate surface area is 191 Å². The Morgan fingerprint density at radius 2 is 1.84 bits per heavy atom. The molecule has 0 saturated carbocycles. The molecule has 32 heavy (non-hydrogen) atoms. The molecule has 0 radical (unpaired) electrons. The number of morpholine rings is 1. The zero-order valence-electron chi connectivity index (χ0n) is 18.7. The maximum absolute atomic E-state index is 5.43. The topological polar surface area (TPSA) is 73.9 Å². The van der Waals surface area contributed by atoms with Crippen LogP contribution in [0.3, 0.4) is 0 Å². The van der Waals surface area contributed by atoms with Crippen LogP contribution in [0.1, 0.15) is 11.4 Å². The molecule has 9 heteroatoms. The number of rotatable bonds is 6. The number of pyridine rings is 1. The van der Waals surface area contributed by atoms with Crippen molar-refractivity contribution >= 4 is 22.8 Å². The fraction of sp³-hybridized carbons (Fsp3) is 0.391. The Hall–Kier alpha value is -2.75. The molecule has 3 aromatic heterocycles. The molecule has 0 bridgehead atoms. The van der Waals surface area contributed by atoms with Gasteiger partial charge in [0.2, 0.25) is 0 Å². The molecule has 5 rings (SSSR count). The van der Waals surface area contributed by atoms with Gasteiger partial charge in [0.25, 0.3) is 0 Å². The summed E-state index contributed by atoms with van der Waals surface area (Å²) in [5.74, 6) is 1.81. The van der Waals surface area contributed by atoms with Gasteiger partial charge in [0.05, 0.1) is 30.0 Å². The first-order chi connectivity index (χ1) is 15.6. The van der Waals surface area contributed by atoms with E-state index in [1.165, 1.54) is 0 Å². The van der Waals surface area contributed by atoms with Crippen LogP contribution in [-0.2, 0) is 11.8 Å². The maximum Gasteiger partial charge on any atom is 0.191 e. The predicted molar refractivity (Wildman–Crippen MR) is 126 cm³/mol. The molecule has 4 heterocycles. The summed E-state index contributed by atoms with van der Waals surface area (Å²) < 4.78 is 9.43. The summed E-state index contributed by atoms with van der Waals surface area (Å²) in [5.41, 5.74) is 4.70. The largest absolute Gasteiger partial charge is 0.379 e. The average Bonchev–Trinajstić information content (AvgIpc) is 3.34. The van der Waals surface area contributed by atoms with Crippen LogP contribution in [-0.4, -0.2) is 73.0 Å². The number of hydrogen-bond acceptors (Lipinski definition) is 7. The first-order valence-corrected chi connectivity index (χ1v) is 11.9. The van der Waals surface area contributed by atoms with Gasteiger partial charge in [-0.25, -0.2) is 9.67 Å². The number of aromatic nitrogens is 6. The molecule has 1 aromatic carbocycles. The van der Waals surface area contributed by atoms with Crippen LogP contribution in [0.25, 0.3) is 28.1 Å². The number of thioether (sulfide) groups is 1. The van der Waals surface area contributed by atoms with E-state index in [1.54, 1.807) is 11.8 Å². The Morgan fingerprint density at radius 3 is 2.62 bits per heavy atom. The highest BCUT2D eigenvalue weighted by molar-refractivity contribution is 7.99. The van der Waals surface area contributed by atoms with E-state index in [9.17, 15) is 0 Å². The number of hydrogen-bond donors (Lipinski definition) is 0. The van der Waals surface area contributed by atoms with Crippen LogP contribution in [0.4, 0.5) is 0 Å². The fourth-order valence-corrected chi connectivity index (χ4v) is 5.02.